The Labute approximate surface area is 126 Å². The SMILES string of the molecule is CN(C)C(=O)CN=C(NCC1CCCCS1)NC1CC1. The molecule has 0 radical (unpaired) electrons. The fourth-order valence-electron chi connectivity index (χ4n) is 2.04. The van der Waals surface area contributed by atoms with Crippen LogP contribution in [0.5, 0.6) is 0 Å². The molecule has 2 fully saturated rings. The Morgan fingerprint density at radius 2 is 2.10 bits per heavy atom. The molecule has 0 aromatic rings. The van der Waals surface area contributed by atoms with E-state index in [1.165, 1.54) is 37.9 Å². The largest absolute Gasteiger partial charge is 0.355 e. The molecule has 2 aliphatic rings. The van der Waals surface area contributed by atoms with Crippen molar-refractivity contribution in [2.24, 2.45) is 4.99 Å². The molecule has 20 heavy (non-hydrogen) atoms. The number of carbonyl (C=O) groups is 1. The highest BCUT2D eigenvalue weighted by Crippen LogP contribution is 2.24. The van der Waals surface area contributed by atoms with Gasteiger partial charge in [0.05, 0.1) is 0 Å². The van der Waals surface area contributed by atoms with Gasteiger partial charge in [0.15, 0.2) is 5.96 Å². The second-order valence-electron chi connectivity index (χ2n) is 5.74. The maximum atomic E-state index is 11.6. The first-order valence-corrected chi connectivity index (χ1v) is 8.56. The molecule has 0 bridgehead atoms. The summed E-state index contributed by atoms with van der Waals surface area (Å²) in [6, 6.07) is 0.551. The summed E-state index contributed by atoms with van der Waals surface area (Å²) in [5, 5.41) is 7.47. The predicted molar refractivity (Wildman–Crippen MR) is 85.3 cm³/mol. The smallest absolute Gasteiger partial charge is 0.243 e. The molecule has 1 saturated heterocycles. The van der Waals surface area contributed by atoms with E-state index in [2.05, 4.69) is 15.6 Å². The van der Waals surface area contributed by atoms with E-state index >= 15 is 0 Å². The van der Waals surface area contributed by atoms with Crippen LogP contribution >= 0.6 is 11.8 Å². The minimum absolute atomic E-state index is 0.0361. The van der Waals surface area contributed by atoms with Crippen LogP contribution in [0.25, 0.3) is 0 Å². The zero-order valence-corrected chi connectivity index (χ0v) is 13.3. The number of nitrogens with zero attached hydrogens (tertiary/aromatic N) is 2. The van der Waals surface area contributed by atoms with Gasteiger partial charge < -0.3 is 15.5 Å². The first kappa shape index (κ1) is 15.5. The molecule has 0 aromatic carbocycles. The zero-order chi connectivity index (χ0) is 14.4. The van der Waals surface area contributed by atoms with Crippen molar-refractivity contribution in [2.45, 2.75) is 43.4 Å². The lowest BCUT2D eigenvalue weighted by atomic mass is 10.2. The molecule has 1 atom stereocenters. The summed E-state index contributed by atoms with van der Waals surface area (Å²) in [7, 11) is 3.52. The van der Waals surface area contributed by atoms with Crippen LogP contribution in [-0.4, -0.2) is 61.0 Å². The summed E-state index contributed by atoms with van der Waals surface area (Å²) >= 11 is 2.05. The second-order valence-corrected chi connectivity index (χ2v) is 7.15. The van der Waals surface area contributed by atoms with Crippen LogP contribution in [-0.2, 0) is 4.79 Å². The summed E-state index contributed by atoms with van der Waals surface area (Å²) in [5.41, 5.74) is 0. The van der Waals surface area contributed by atoms with Crippen molar-refractivity contribution in [3.05, 3.63) is 0 Å². The molecule has 1 amide bonds. The van der Waals surface area contributed by atoms with E-state index in [0.717, 1.165) is 12.5 Å². The van der Waals surface area contributed by atoms with Crippen LogP contribution in [0.2, 0.25) is 0 Å². The van der Waals surface area contributed by atoms with E-state index in [4.69, 9.17) is 0 Å². The van der Waals surface area contributed by atoms with Crippen molar-refractivity contribution >= 4 is 23.6 Å². The van der Waals surface area contributed by atoms with E-state index in [1.54, 1.807) is 19.0 Å². The number of hydrogen-bond acceptors (Lipinski definition) is 3. The molecule has 0 spiro atoms. The van der Waals surface area contributed by atoms with Gasteiger partial charge in [-0.3, -0.25) is 4.79 Å². The number of hydrogen-bond donors (Lipinski definition) is 2. The number of nitrogens with one attached hydrogen (secondary N) is 2. The summed E-state index contributed by atoms with van der Waals surface area (Å²) in [6.45, 7) is 1.16. The van der Waals surface area contributed by atoms with Gasteiger partial charge >= 0.3 is 0 Å². The van der Waals surface area contributed by atoms with Crippen molar-refractivity contribution in [3.8, 4) is 0 Å². The molecule has 1 unspecified atom stereocenters. The number of likely N-dealkylation sites (N-methyl/N-ethyl adjacent to an activating group) is 1. The van der Waals surface area contributed by atoms with Crippen LogP contribution < -0.4 is 10.6 Å². The summed E-state index contributed by atoms with van der Waals surface area (Å²) < 4.78 is 0. The quantitative estimate of drug-likeness (QED) is 0.588. The molecular weight excluding hydrogens is 272 g/mol. The Bertz CT molecular complexity index is 349. The molecule has 0 aromatic heterocycles. The Morgan fingerprint density at radius 3 is 2.70 bits per heavy atom. The van der Waals surface area contributed by atoms with Crippen LogP contribution in [0.3, 0.4) is 0 Å². The number of carbonyl (C=O) groups excluding carboxylic acids is 1. The number of guanidine groups is 1. The molecule has 2 N–H and O–H groups in total. The average molecular weight is 298 g/mol. The van der Waals surface area contributed by atoms with Crippen LogP contribution in [0.15, 0.2) is 4.99 Å². The Hall–Kier alpha value is -0.910. The van der Waals surface area contributed by atoms with Gasteiger partial charge in [-0.25, -0.2) is 4.99 Å². The molecule has 114 valence electrons. The van der Waals surface area contributed by atoms with Crippen LogP contribution in [0, 0.1) is 0 Å². The van der Waals surface area contributed by atoms with Gasteiger partial charge in [0.25, 0.3) is 0 Å². The average Bonchev–Trinajstić information content (AvgIpc) is 3.26. The van der Waals surface area contributed by atoms with Crippen molar-refractivity contribution in [3.63, 3.8) is 0 Å². The molecule has 1 aliphatic heterocycles. The van der Waals surface area contributed by atoms with Crippen LogP contribution in [0.1, 0.15) is 32.1 Å². The maximum absolute atomic E-state index is 11.6. The standard InChI is InChI=1S/C14H26N4OS/c1-18(2)13(19)10-16-14(17-11-6-7-11)15-9-12-5-3-4-8-20-12/h11-12H,3-10H2,1-2H3,(H2,15,16,17). The highest BCUT2D eigenvalue weighted by molar-refractivity contribution is 7.99. The van der Waals surface area contributed by atoms with E-state index < -0.39 is 0 Å². The van der Waals surface area contributed by atoms with Crippen molar-refractivity contribution < 1.29 is 4.79 Å². The Morgan fingerprint density at radius 1 is 1.30 bits per heavy atom. The maximum Gasteiger partial charge on any atom is 0.243 e. The minimum Gasteiger partial charge on any atom is -0.355 e. The van der Waals surface area contributed by atoms with Gasteiger partial charge in [0, 0.05) is 31.9 Å². The first-order valence-electron chi connectivity index (χ1n) is 7.52. The van der Waals surface area contributed by atoms with Gasteiger partial charge in [-0.05, 0) is 31.4 Å². The minimum atomic E-state index is 0.0361. The summed E-state index contributed by atoms with van der Waals surface area (Å²) in [5.74, 6) is 2.11. The monoisotopic (exact) mass is 298 g/mol. The first-order chi connectivity index (χ1) is 9.65. The molecule has 1 heterocycles. The molecule has 6 heteroatoms. The van der Waals surface area contributed by atoms with Gasteiger partial charge in [0.2, 0.25) is 5.91 Å². The fourth-order valence-corrected chi connectivity index (χ4v) is 3.28. The highest BCUT2D eigenvalue weighted by atomic mass is 32.2. The summed E-state index contributed by atoms with van der Waals surface area (Å²) in [6.07, 6.45) is 6.38. The van der Waals surface area contributed by atoms with E-state index in [0.29, 0.717) is 11.3 Å². The molecule has 1 aliphatic carbocycles. The van der Waals surface area contributed by atoms with Crippen molar-refractivity contribution in [1.29, 1.82) is 0 Å². The van der Waals surface area contributed by atoms with Crippen molar-refractivity contribution in [1.82, 2.24) is 15.5 Å². The number of amides is 1. The second kappa shape index (κ2) is 7.76. The molecule has 1 saturated carbocycles. The lowest BCUT2D eigenvalue weighted by Crippen LogP contribution is -2.42. The van der Waals surface area contributed by atoms with Gasteiger partial charge in [0.1, 0.15) is 6.54 Å². The van der Waals surface area contributed by atoms with Crippen molar-refractivity contribution in [2.75, 3.05) is 32.9 Å². The van der Waals surface area contributed by atoms with E-state index in [-0.39, 0.29) is 12.5 Å². The number of rotatable bonds is 5. The Balaban J connectivity index is 1.79. The number of thioether (sulfide) groups is 1. The lowest BCUT2D eigenvalue weighted by Gasteiger charge is -2.22. The fraction of sp³-hybridized carbons (Fsp3) is 0.857. The highest BCUT2D eigenvalue weighted by Gasteiger charge is 2.23. The summed E-state index contributed by atoms with van der Waals surface area (Å²) in [4.78, 5) is 17.6. The lowest BCUT2D eigenvalue weighted by molar-refractivity contribution is -0.127. The van der Waals surface area contributed by atoms with Gasteiger partial charge in [-0.2, -0.15) is 11.8 Å². The van der Waals surface area contributed by atoms with E-state index in [9.17, 15) is 4.79 Å². The van der Waals surface area contributed by atoms with Gasteiger partial charge in [-0.15, -0.1) is 0 Å². The van der Waals surface area contributed by atoms with E-state index in [1.807, 2.05) is 11.8 Å². The predicted octanol–water partition coefficient (Wildman–Crippen LogP) is 1.06. The third kappa shape index (κ3) is 5.61. The molecule has 2 rings (SSSR count). The zero-order valence-electron chi connectivity index (χ0n) is 12.5. The normalized spacial score (nSPS) is 23.3. The Kier molecular flexibility index (Phi) is 6.01. The van der Waals surface area contributed by atoms with Crippen LogP contribution in [0.4, 0.5) is 0 Å². The molecular formula is C14H26N4OS. The molecule has 5 nitrogen and oxygen atoms in total. The third-order valence-electron chi connectivity index (χ3n) is 3.56. The van der Waals surface area contributed by atoms with Gasteiger partial charge in [-0.1, -0.05) is 6.42 Å². The number of aliphatic imine (C=N–C) groups is 1. The third-order valence-corrected chi connectivity index (χ3v) is 4.96. The topological polar surface area (TPSA) is 56.7 Å².